The fourth-order valence-corrected chi connectivity index (χ4v) is 5.58. The zero-order chi connectivity index (χ0) is 35.7. The third kappa shape index (κ3) is 10.3. The molecule has 0 spiro atoms. The molecule has 4 rings (SSSR count). The van der Waals surface area contributed by atoms with Crippen molar-refractivity contribution in [2.45, 2.75) is 68.9 Å². The van der Waals surface area contributed by atoms with Gasteiger partial charge in [0.1, 0.15) is 35.7 Å². The van der Waals surface area contributed by atoms with Gasteiger partial charge in [0.2, 0.25) is 29.5 Å². The third-order valence-electron chi connectivity index (χ3n) is 8.28. The molecule has 1 fully saturated rings. The molecular formula is C35H42N6O8. The van der Waals surface area contributed by atoms with E-state index in [2.05, 4.69) is 16.0 Å². The predicted octanol–water partition coefficient (Wildman–Crippen LogP) is -0.626. The summed E-state index contributed by atoms with van der Waals surface area (Å²) in [6.07, 6.45) is -0.941. The summed E-state index contributed by atoms with van der Waals surface area (Å²) in [7, 11) is 0. The van der Waals surface area contributed by atoms with E-state index in [1.807, 2.05) is 0 Å². The van der Waals surface area contributed by atoms with Gasteiger partial charge < -0.3 is 47.6 Å². The Bertz CT molecular complexity index is 1620. The van der Waals surface area contributed by atoms with Gasteiger partial charge in [-0.3, -0.25) is 24.0 Å². The topological polar surface area (TPSA) is 237 Å². The van der Waals surface area contributed by atoms with Gasteiger partial charge in [-0.25, -0.2) is 0 Å². The van der Waals surface area contributed by atoms with Crippen LogP contribution in [-0.2, 0) is 43.2 Å². The average Bonchev–Trinajstić information content (AvgIpc) is 3.47. The second kappa shape index (κ2) is 16.6. The minimum atomic E-state index is -1.19. The molecule has 6 unspecified atom stereocenters. The maximum absolute atomic E-state index is 14.0. The summed E-state index contributed by atoms with van der Waals surface area (Å²) in [6.45, 7) is 1.24. The molecule has 0 saturated carbocycles. The number of primary amides is 1. The van der Waals surface area contributed by atoms with Crippen LogP contribution < -0.4 is 27.4 Å². The van der Waals surface area contributed by atoms with Crippen molar-refractivity contribution in [3.05, 3.63) is 95.6 Å². The molecule has 10 N–H and O–H groups in total. The van der Waals surface area contributed by atoms with Crippen LogP contribution >= 0.6 is 0 Å². The smallest absolute Gasteiger partial charge is 0.246 e. The van der Waals surface area contributed by atoms with E-state index in [1.165, 1.54) is 36.1 Å². The van der Waals surface area contributed by atoms with Crippen LogP contribution in [0.5, 0.6) is 11.5 Å². The molecule has 0 radical (unpaired) electrons. The highest BCUT2D eigenvalue weighted by Gasteiger charge is 2.42. The van der Waals surface area contributed by atoms with Gasteiger partial charge in [-0.05, 0) is 54.3 Å². The van der Waals surface area contributed by atoms with Crippen molar-refractivity contribution in [1.29, 1.82) is 0 Å². The minimum Gasteiger partial charge on any atom is -0.508 e. The Morgan fingerprint density at radius 1 is 0.755 bits per heavy atom. The van der Waals surface area contributed by atoms with Gasteiger partial charge in [0.25, 0.3) is 0 Å². The summed E-state index contributed by atoms with van der Waals surface area (Å²) in [5.74, 6) is -3.35. The Labute approximate surface area is 283 Å². The summed E-state index contributed by atoms with van der Waals surface area (Å²) in [5.41, 5.74) is 13.7. The van der Waals surface area contributed by atoms with Crippen LogP contribution in [0.2, 0.25) is 0 Å². The number of likely N-dealkylation sites (tertiary alicyclic amines) is 1. The second-order valence-corrected chi connectivity index (χ2v) is 12.2. The molecule has 1 saturated heterocycles. The van der Waals surface area contributed by atoms with E-state index in [-0.39, 0.29) is 43.7 Å². The zero-order valence-corrected chi connectivity index (χ0v) is 27.0. The standard InChI is InChI=1S/C35H42N6O8/c1-20(38-33(47)27(36)15-22-7-11-24(42)12-8-22)32(46)40-29(17-21-5-3-2-4-6-21)35(49)41-19-26(44)18-30(41)34(48)39-28(31(37)45)16-23-9-13-25(43)14-10-23/h2-14,20,26-30,42-44H,15-19,36H2,1H3,(H2,37,45)(H,38,47)(H,39,48)(H,40,46). The molecule has 1 aliphatic rings. The van der Waals surface area contributed by atoms with Gasteiger partial charge >= 0.3 is 0 Å². The minimum absolute atomic E-state index is 0.0273. The molecule has 0 bridgehead atoms. The molecule has 260 valence electrons. The number of aliphatic hydroxyl groups is 1. The third-order valence-corrected chi connectivity index (χ3v) is 8.28. The lowest BCUT2D eigenvalue weighted by atomic mass is 10.0. The molecule has 0 aliphatic carbocycles. The van der Waals surface area contributed by atoms with E-state index in [0.29, 0.717) is 16.7 Å². The Kier molecular flexibility index (Phi) is 12.3. The van der Waals surface area contributed by atoms with Crippen LogP contribution in [0.15, 0.2) is 78.9 Å². The summed E-state index contributed by atoms with van der Waals surface area (Å²) in [4.78, 5) is 67.1. The van der Waals surface area contributed by atoms with Crippen LogP contribution in [-0.4, -0.2) is 92.6 Å². The van der Waals surface area contributed by atoms with E-state index < -0.39 is 65.8 Å². The molecule has 1 aliphatic heterocycles. The number of hydrogen-bond donors (Lipinski definition) is 8. The highest BCUT2D eigenvalue weighted by molar-refractivity contribution is 5.96. The van der Waals surface area contributed by atoms with Gasteiger partial charge in [0, 0.05) is 25.8 Å². The fraction of sp³-hybridized carbons (Fsp3) is 0.343. The van der Waals surface area contributed by atoms with Crippen LogP contribution in [0.4, 0.5) is 0 Å². The monoisotopic (exact) mass is 674 g/mol. The Morgan fingerprint density at radius 3 is 1.86 bits per heavy atom. The van der Waals surface area contributed by atoms with E-state index in [1.54, 1.807) is 54.6 Å². The van der Waals surface area contributed by atoms with E-state index in [9.17, 15) is 39.3 Å². The predicted molar refractivity (Wildman–Crippen MR) is 179 cm³/mol. The fourth-order valence-electron chi connectivity index (χ4n) is 5.58. The maximum atomic E-state index is 14.0. The summed E-state index contributed by atoms with van der Waals surface area (Å²) in [6, 6.07) is 15.5. The van der Waals surface area contributed by atoms with Crippen molar-refractivity contribution in [2.75, 3.05) is 6.54 Å². The molecule has 5 amide bonds. The van der Waals surface area contributed by atoms with Crippen molar-refractivity contribution in [3.63, 3.8) is 0 Å². The number of nitrogens with zero attached hydrogens (tertiary/aromatic N) is 1. The first-order chi connectivity index (χ1) is 23.3. The normalized spacial score (nSPS) is 18.1. The SMILES string of the molecule is CC(NC(=O)C(N)Cc1ccc(O)cc1)C(=O)NC(Cc1ccccc1)C(=O)N1CC(O)CC1C(=O)NC(Cc1ccc(O)cc1)C(N)=O. The van der Waals surface area contributed by atoms with Crippen LogP contribution in [0.25, 0.3) is 0 Å². The van der Waals surface area contributed by atoms with Gasteiger partial charge in [-0.1, -0.05) is 54.6 Å². The number of phenols is 2. The molecule has 3 aromatic rings. The highest BCUT2D eigenvalue weighted by atomic mass is 16.3. The van der Waals surface area contributed by atoms with E-state index in [0.717, 1.165) is 0 Å². The molecule has 6 atom stereocenters. The Hall–Kier alpha value is -5.47. The second-order valence-electron chi connectivity index (χ2n) is 12.2. The van der Waals surface area contributed by atoms with Crippen molar-refractivity contribution in [1.82, 2.24) is 20.9 Å². The van der Waals surface area contributed by atoms with E-state index >= 15 is 0 Å². The number of aromatic hydroxyl groups is 2. The molecule has 3 aromatic carbocycles. The first kappa shape index (κ1) is 36.4. The largest absolute Gasteiger partial charge is 0.508 e. The maximum Gasteiger partial charge on any atom is 0.246 e. The number of amides is 5. The van der Waals surface area contributed by atoms with Gasteiger partial charge in [0.15, 0.2) is 0 Å². The van der Waals surface area contributed by atoms with Gasteiger partial charge in [-0.15, -0.1) is 0 Å². The lowest BCUT2D eigenvalue weighted by Gasteiger charge is -2.30. The number of aliphatic hydroxyl groups excluding tert-OH is 1. The molecule has 49 heavy (non-hydrogen) atoms. The van der Waals surface area contributed by atoms with Gasteiger partial charge in [0.05, 0.1) is 12.1 Å². The van der Waals surface area contributed by atoms with Crippen molar-refractivity contribution in [3.8, 4) is 11.5 Å². The molecular weight excluding hydrogens is 632 g/mol. The Balaban J connectivity index is 1.46. The lowest BCUT2D eigenvalue weighted by Crippen LogP contribution is -2.58. The first-order valence-corrected chi connectivity index (χ1v) is 15.8. The molecule has 1 heterocycles. The number of nitrogens with one attached hydrogen (secondary N) is 3. The number of carbonyl (C=O) groups is 5. The number of β-amino-alcohol motifs (C(OH)–C–C–N with tert-alkyl or cyclic N) is 1. The number of rotatable bonds is 14. The Morgan fingerprint density at radius 2 is 1.29 bits per heavy atom. The number of benzene rings is 3. The molecule has 14 heteroatoms. The average molecular weight is 675 g/mol. The van der Waals surface area contributed by atoms with E-state index in [4.69, 9.17) is 11.5 Å². The zero-order valence-electron chi connectivity index (χ0n) is 27.0. The summed E-state index contributed by atoms with van der Waals surface area (Å²) >= 11 is 0. The lowest BCUT2D eigenvalue weighted by molar-refractivity contribution is -0.142. The van der Waals surface area contributed by atoms with Crippen molar-refractivity contribution in [2.24, 2.45) is 11.5 Å². The van der Waals surface area contributed by atoms with Crippen LogP contribution in [0.3, 0.4) is 0 Å². The van der Waals surface area contributed by atoms with Crippen LogP contribution in [0, 0.1) is 0 Å². The molecule has 0 aromatic heterocycles. The highest BCUT2D eigenvalue weighted by Crippen LogP contribution is 2.21. The molecule has 14 nitrogen and oxygen atoms in total. The van der Waals surface area contributed by atoms with Crippen molar-refractivity contribution >= 4 is 29.5 Å². The van der Waals surface area contributed by atoms with Crippen LogP contribution in [0.1, 0.15) is 30.0 Å². The number of nitrogens with two attached hydrogens (primary N) is 2. The summed E-state index contributed by atoms with van der Waals surface area (Å²) < 4.78 is 0. The summed E-state index contributed by atoms with van der Waals surface area (Å²) in [5, 5.41) is 37.4. The van der Waals surface area contributed by atoms with Crippen molar-refractivity contribution < 1.29 is 39.3 Å². The number of hydrogen-bond acceptors (Lipinski definition) is 9. The quantitative estimate of drug-likeness (QED) is 0.109. The number of phenolic OH excluding ortho intramolecular Hbond substituents is 2. The first-order valence-electron chi connectivity index (χ1n) is 15.8. The number of carbonyl (C=O) groups excluding carboxylic acids is 5. The van der Waals surface area contributed by atoms with Gasteiger partial charge in [-0.2, -0.15) is 0 Å².